The lowest BCUT2D eigenvalue weighted by atomic mass is 9.71. The minimum Gasteiger partial charge on any atom is -0.285 e. The third-order valence-electron chi connectivity index (χ3n) is 3.96. The molecule has 0 bridgehead atoms. The molecule has 0 radical (unpaired) electrons. The second-order valence-corrected chi connectivity index (χ2v) is 5.04. The number of hydrogen-bond donors (Lipinski definition) is 1. The van der Waals surface area contributed by atoms with Gasteiger partial charge in [0.25, 0.3) is 0 Å². The molecule has 3 rings (SSSR count). The molecule has 1 saturated heterocycles. The first-order valence-corrected chi connectivity index (χ1v) is 6.51. The van der Waals surface area contributed by atoms with E-state index in [9.17, 15) is 9.59 Å². The van der Waals surface area contributed by atoms with Crippen molar-refractivity contribution >= 4 is 17.7 Å². The van der Waals surface area contributed by atoms with Crippen LogP contribution in [0.3, 0.4) is 0 Å². The van der Waals surface area contributed by atoms with Crippen molar-refractivity contribution in [3.05, 3.63) is 29.8 Å². The van der Waals surface area contributed by atoms with E-state index in [1.807, 2.05) is 29.3 Å². The molecule has 5 heteroatoms. The molecule has 0 atom stereocenters. The Balaban J connectivity index is 2.02. The van der Waals surface area contributed by atoms with Gasteiger partial charge >= 0.3 is 0 Å². The average Bonchev–Trinajstić information content (AvgIpc) is 2.81. The maximum absolute atomic E-state index is 11.4. The molecule has 98 valence electrons. The van der Waals surface area contributed by atoms with Crippen molar-refractivity contribution in [2.24, 2.45) is 4.99 Å². The molecular formula is C14H15N3O2. The van der Waals surface area contributed by atoms with Gasteiger partial charge in [0.2, 0.25) is 12.0 Å². The molecule has 1 saturated carbocycles. The van der Waals surface area contributed by atoms with Crippen LogP contribution in [0.25, 0.3) is 0 Å². The van der Waals surface area contributed by atoms with Gasteiger partial charge in [0.1, 0.15) is 5.54 Å². The van der Waals surface area contributed by atoms with Crippen LogP contribution in [0.2, 0.25) is 0 Å². The van der Waals surface area contributed by atoms with Crippen LogP contribution in [0.4, 0.5) is 5.69 Å². The number of hydrazine groups is 1. The zero-order valence-corrected chi connectivity index (χ0v) is 10.6. The average molecular weight is 257 g/mol. The Hall–Kier alpha value is -2.13. The molecule has 1 aliphatic heterocycles. The molecule has 0 spiro atoms. The second-order valence-electron chi connectivity index (χ2n) is 5.04. The zero-order chi connectivity index (χ0) is 13.3. The Morgan fingerprint density at radius 2 is 2.11 bits per heavy atom. The van der Waals surface area contributed by atoms with E-state index in [1.54, 1.807) is 6.08 Å². The van der Waals surface area contributed by atoms with E-state index in [0.717, 1.165) is 30.5 Å². The largest absolute Gasteiger partial charge is 0.285 e. The summed E-state index contributed by atoms with van der Waals surface area (Å²) in [6.45, 7) is 0.650. The molecular weight excluding hydrogens is 242 g/mol. The Labute approximate surface area is 111 Å². The summed E-state index contributed by atoms with van der Waals surface area (Å²) >= 11 is 0. The van der Waals surface area contributed by atoms with E-state index in [1.165, 1.54) is 0 Å². The van der Waals surface area contributed by atoms with E-state index < -0.39 is 5.54 Å². The molecule has 5 nitrogen and oxygen atoms in total. The first-order chi connectivity index (χ1) is 9.25. The topological polar surface area (TPSA) is 61.8 Å². The van der Waals surface area contributed by atoms with Crippen LogP contribution in [0.5, 0.6) is 0 Å². The van der Waals surface area contributed by atoms with Crippen LogP contribution < -0.4 is 10.4 Å². The summed E-state index contributed by atoms with van der Waals surface area (Å²) in [5.41, 5.74) is 4.33. The van der Waals surface area contributed by atoms with E-state index in [4.69, 9.17) is 0 Å². The quantitative estimate of drug-likeness (QED) is 0.661. The molecule has 1 heterocycles. The number of carbonyl (C=O) groups excluding carboxylic acids is 2. The standard InChI is InChI=1S/C14H15N3O2/c18-10-15-14(7-3-8-14)11-4-1-2-5-12(11)17-9-6-13(19)16-17/h1-2,4-5H,3,6-9H2,(H,16,19). The number of aliphatic imine (C=N–C) groups is 1. The third-order valence-corrected chi connectivity index (χ3v) is 3.96. The number of carbonyl (C=O) groups is 1. The highest BCUT2D eigenvalue weighted by Crippen LogP contribution is 2.48. The summed E-state index contributed by atoms with van der Waals surface area (Å²) < 4.78 is 0. The van der Waals surface area contributed by atoms with Crippen molar-refractivity contribution in [3.63, 3.8) is 0 Å². The fourth-order valence-electron chi connectivity index (χ4n) is 2.80. The fourth-order valence-corrected chi connectivity index (χ4v) is 2.80. The van der Waals surface area contributed by atoms with E-state index >= 15 is 0 Å². The zero-order valence-electron chi connectivity index (χ0n) is 10.6. The number of para-hydroxylation sites is 1. The molecule has 1 amide bonds. The van der Waals surface area contributed by atoms with Crippen LogP contribution in [-0.2, 0) is 15.1 Å². The summed E-state index contributed by atoms with van der Waals surface area (Å²) in [4.78, 5) is 26.1. The molecule has 1 N–H and O–H groups in total. The molecule has 2 aliphatic rings. The van der Waals surface area contributed by atoms with E-state index in [0.29, 0.717) is 13.0 Å². The summed E-state index contributed by atoms with van der Waals surface area (Å²) in [6.07, 6.45) is 4.99. The van der Waals surface area contributed by atoms with Gasteiger partial charge in [-0.15, -0.1) is 0 Å². The van der Waals surface area contributed by atoms with Crippen molar-refractivity contribution < 1.29 is 9.59 Å². The van der Waals surface area contributed by atoms with Gasteiger partial charge in [0, 0.05) is 18.5 Å². The van der Waals surface area contributed by atoms with Gasteiger partial charge in [-0.25, -0.2) is 4.79 Å². The van der Waals surface area contributed by atoms with Gasteiger partial charge in [0.05, 0.1) is 5.69 Å². The van der Waals surface area contributed by atoms with Gasteiger partial charge in [-0.2, -0.15) is 4.99 Å². The van der Waals surface area contributed by atoms with E-state index in [-0.39, 0.29) is 5.91 Å². The molecule has 1 aromatic rings. The fraction of sp³-hybridized carbons (Fsp3) is 0.429. The second kappa shape index (κ2) is 4.52. The molecule has 1 aliphatic carbocycles. The lowest BCUT2D eigenvalue weighted by molar-refractivity contribution is -0.119. The van der Waals surface area contributed by atoms with Gasteiger partial charge in [0.15, 0.2) is 0 Å². The van der Waals surface area contributed by atoms with Gasteiger partial charge in [-0.05, 0) is 25.3 Å². The van der Waals surface area contributed by atoms with E-state index in [2.05, 4.69) is 10.4 Å². The number of isocyanates is 1. The van der Waals surface area contributed by atoms with Gasteiger partial charge in [-0.3, -0.25) is 15.2 Å². The van der Waals surface area contributed by atoms with Crippen LogP contribution >= 0.6 is 0 Å². The van der Waals surface area contributed by atoms with Crippen LogP contribution in [0, 0.1) is 0 Å². The third kappa shape index (κ3) is 1.92. The first kappa shape index (κ1) is 11.9. The number of amides is 1. The Morgan fingerprint density at radius 3 is 2.68 bits per heavy atom. The molecule has 0 unspecified atom stereocenters. The van der Waals surface area contributed by atoms with Gasteiger partial charge < -0.3 is 0 Å². The predicted octanol–water partition coefficient (Wildman–Crippen LogP) is 1.64. The van der Waals surface area contributed by atoms with Crippen LogP contribution in [-0.4, -0.2) is 18.5 Å². The maximum Gasteiger partial charge on any atom is 0.240 e. The molecule has 1 aromatic carbocycles. The van der Waals surface area contributed by atoms with Crippen molar-refractivity contribution in [3.8, 4) is 0 Å². The van der Waals surface area contributed by atoms with Crippen LogP contribution in [0.15, 0.2) is 29.3 Å². The molecule has 2 fully saturated rings. The summed E-state index contributed by atoms with van der Waals surface area (Å²) in [5.74, 6) is 0.0244. The lowest BCUT2D eigenvalue weighted by Gasteiger charge is -2.39. The predicted molar refractivity (Wildman–Crippen MR) is 70.2 cm³/mol. The number of nitrogens with one attached hydrogen (secondary N) is 1. The van der Waals surface area contributed by atoms with Gasteiger partial charge in [-0.1, -0.05) is 18.2 Å². The number of rotatable bonds is 3. The molecule has 19 heavy (non-hydrogen) atoms. The Morgan fingerprint density at radius 1 is 1.32 bits per heavy atom. The Kier molecular flexibility index (Phi) is 2.84. The van der Waals surface area contributed by atoms with Crippen LogP contribution in [0.1, 0.15) is 31.2 Å². The number of nitrogens with zero attached hydrogens (tertiary/aromatic N) is 2. The van der Waals surface area contributed by atoms with Crippen molar-refractivity contribution in [2.45, 2.75) is 31.2 Å². The normalized spacial score (nSPS) is 20.4. The highest BCUT2D eigenvalue weighted by Gasteiger charge is 2.41. The highest BCUT2D eigenvalue weighted by atomic mass is 16.2. The minimum absolute atomic E-state index is 0.0244. The number of benzene rings is 1. The van der Waals surface area contributed by atoms with Crippen molar-refractivity contribution in [2.75, 3.05) is 11.6 Å². The highest BCUT2D eigenvalue weighted by molar-refractivity contribution is 5.82. The monoisotopic (exact) mass is 257 g/mol. The number of anilines is 1. The van der Waals surface area contributed by atoms with Crippen molar-refractivity contribution in [1.29, 1.82) is 0 Å². The summed E-state index contributed by atoms with van der Waals surface area (Å²) in [5, 5.41) is 1.85. The summed E-state index contributed by atoms with van der Waals surface area (Å²) in [7, 11) is 0. The van der Waals surface area contributed by atoms with Crippen molar-refractivity contribution in [1.82, 2.24) is 5.43 Å². The maximum atomic E-state index is 11.4. The Bertz CT molecular complexity index is 560. The lowest BCUT2D eigenvalue weighted by Crippen LogP contribution is -2.38. The smallest absolute Gasteiger partial charge is 0.240 e. The minimum atomic E-state index is -0.439. The SMILES string of the molecule is O=C=NC1(c2ccccc2N2CCC(=O)N2)CCC1. The molecule has 0 aromatic heterocycles. The summed E-state index contributed by atoms with van der Waals surface area (Å²) in [6, 6.07) is 7.82. The first-order valence-electron chi connectivity index (χ1n) is 6.51. The number of hydrogen-bond acceptors (Lipinski definition) is 4.